The average Bonchev–Trinajstić information content (AvgIpc) is 2.98. The zero-order valence-corrected chi connectivity index (χ0v) is 15.0. The number of fused-ring (bicyclic) bond motifs is 1. The molecule has 1 fully saturated rings. The number of aromatic amines is 1. The lowest BCUT2D eigenvalue weighted by Crippen LogP contribution is -2.37. The number of hydrogen-bond donors (Lipinski definition) is 1. The van der Waals surface area contributed by atoms with Crippen LogP contribution in [0.25, 0.3) is 10.9 Å². The molecule has 1 saturated heterocycles. The van der Waals surface area contributed by atoms with Crippen LogP contribution in [0.4, 0.5) is 4.39 Å². The van der Waals surface area contributed by atoms with Crippen LogP contribution in [-0.2, 0) is 0 Å². The highest BCUT2D eigenvalue weighted by molar-refractivity contribution is 6.06. The highest BCUT2D eigenvalue weighted by Crippen LogP contribution is 2.29. The zero-order chi connectivity index (χ0) is 18.3. The molecule has 1 N–H and O–H groups in total. The molecule has 5 nitrogen and oxygen atoms in total. The summed E-state index contributed by atoms with van der Waals surface area (Å²) >= 11 is 0. The van der Waals surface area contributed by atoms with Crippen molar-refractivity contribution in [2.75, 3.05) is 27.2 Å². The normalized spacial score (nSPS) is 20.8. The molecule has 2 atom stereocenters. The second-order valence-corrected chi connectivity index (χ2v) is 7.39. The van der Waals surface area contributed by atoms with Gasteiger partial charge in [0.15, 0.2) is 0 Å². The molecular formula is C19H24FN3O2. The molecule has 25 heavy (non-hydrogen) atoms. The molecule has 2 heterocycles. The van der Waals surface area contributed by atoms with Gasteiger partial charge >= 0.3 is 0 Å². The van der Waals surface area contributed by atoms with Crippen LogP contribution < -0.4 is 5.56 Å². The molecule has 0 aliphatic carbocycles. The predicted molar refractivity (Wildman–Crippen MR) is 96.2 cm³/mol. The Labute approximate surface area is 146 Å². The van der Waals surface area contributed by atoms with E-state index in [1.807, 2.05) is 19.0 Å². The number of halogens is 1. The number of hydrogen-bond acceptors (Lipinski definition) is 3. The largest absolute Gasteiger partial charge is 0.337 e. The van der Waals surface area contributed by atoms with Crippen molar-refractivity contribution in [1.29, 1.82) is 0 Å². The average molecular weight is 345 g/mol. The predicted octanol–water partition coefficient (Wildman–Crippen LogP) is 2.33. The third kappa shape index (κ3) is 3.31. The Morgan fingerprint density at radius 3 is 2.60 bits per heavy atom. The summed E-state index contributed by atoms with van der Waals surface area (Å²) in [5.74, 6) is 0.221. The maximum Gasteiger partial charge on any atom is 0.254 e. The summed E-state index contributed by atoms with van der Waals surface area (Å²) in [4.78, 5) is 31.6. The van der Waals surface area contributed by atoms with Crippen molar-refractivity contribution < 1.29 is 9.18 Å². The third-order valence-corrected chi connectivity index (χ3v) is 5.18. The van der Waals surface area contributed by atoms with Gasteiger partial charge < -0.3 is 14.8 Å². The van der Waals surface area contributed by atoms with Crippen molar-refractivity contribution in [2.24, 2.45) is 11.8 Å². The number of nitrogens with zero attached hydrogens (tertiary/aromatic N) is 2. The van der Waals surface area contributed by atoms with Crippen molar-refractivity contribution in [2.45, 2.75) is 19.9 Å². The van der Waals surface area contributed by atoms with Gasteiger partial charge in [-0.2, -0.15) is 0 Å². The van der Waals surface area contributed by atoms with Gasteiger partial charge in [-0.15, -0.1) is 0 Å². The van der Waals surface area contributed by atoms with Gasteiger partial charge in [-0.1, -0.05) is 13.8 Å². The van der Waals surface area contributed by atoms with Crippen molar-refractivity contribution in [3.63, 3.8) is 0 Å². The summed E-state index contributed by atoms with van der Waals surface area (Å²) in [6.45, 7) is 5.63. The lowest BCUT2D eigenvalue weighted by Gasteiger charge is -2.27. The summed E-state index contributed by atoms with van der Waals surface area (Å²) in [6, 6.07) is 5.70. The summed E-state index contributed by atoms with van der Waals surface area (Å²) < 4.78 is 13.5. The summed E-state index contributed by atoms with van der Waals surface area (Å²) in [7, 11) is 4.05. The fraction of sp³-hybridized carbons (Fsp3) is 0.474. The Bertz CT molecular complexity index is 843. The van der Waals surface area contributed by atoms with Crippen molar-refractivity contribution in [3.05, 3.63) is 46.0 Å². The van der Waals surface area contributed by atoms with E-state index in [0.717, 1.165) is 0 Å². The molecule has 0 spiro atoms. The minimum Gasteiger partial charge on any atom is -0.337 e. The van der Waals surface area contributed by atoms with Gasteiger partial charge in [0.1, 0.15) is 5.82 Å². The number of nitrogens with one attached hydrogen (secondary N) is 1. The summed E-state index contributed by atoms with van der Waals surface area (Å²) in [5, 5.41) is 0.570. The van der Waals surface area contributed by atoms with Crippen LogP contribution in [-0.4, -0.2) is 53.9 Å². The van der Waals surface area contributed by atoms with E-state index >= 15 is 0 Å². The lowest BCUT2D eigenvalue weighted by atomic mass is 9.91. The number of carbonyl (C=O) groups is 1. The molecule has 1 aromatic heterocycles. The van der Waals surface area contributed by atoms with Crippen LogP contribution in [0.5, 0.6) is 0 Å². The first-order valence-corrected chi connectivity index (χ1v) is 8.56. The molecule has 0 radical (unpaired) electrons. The number of amides is 1. The highest BCUT2D eigenvalue weighted by Gasteiger charge is 2.38. The monoisotopic (exact) mass is 345 g/mol. The van der Waals surface area contributed by atoms with E-state index in [1.54, 1.807) is 6.07 Å². The quantitative estimate of drug-likeness (QED) is 0.929. The number of carbonyl (C=O) groups excluding carboxylic acids is 1. The SMILES string of the molecule is CC(C)[C@@H]1CN(C(=O)c2cc(=O)[nH]c3cc(F)ccc23)C[C@H]1N(C)C. The Balaban J connectivity index is 1.99. The van der Waals surface area contributed by atoms with Crippen LogP contribution in [0.2, 0.25) is 0 Å². The molecular weight excluding hydrogens is 321 g/mol. The Morgan fingerprint density at radius 1 is 1.28 bits per heavy atom. The van der Waals surface area contributed by atoms with Crippen molar-refractivity contribution in [1.82, 2.24) is 14.8 Å². The molecule has 1 amide bonds. The maximum absolute atomic E-state index is 13.5. The summed E-state index contributed by atoms with van der Waals surface area (Å²) in [5.41, 5.74) is 0.283. The van der Waals surface area contributed by atoms with E-state index in [1.165, 1.54) is 18.2 Å². The van der Waals surface area contributed by atoms with Gasteiger partial charge in [0.05, 0.1) is 11.1 Å². The molecule has 0 saturated carbocycles. The molecule has 134 valence electrons. The van der Waals surface area contributed by atoms with Gasteiger partial charge in [0.25, 0.3) is 5.91 Å². The first-order chi connectivity index (χ1) is 11.8. The van der Waals surface area contributed by atoms with Gasteiger partial charge in [-0.05, 0) is 44.1 Å². The number of rotatable bonds is 3. The van der Waals surface area contributed by atoms with E-state index in [4.69, 9.17) is 0 Å². The van der Waals surface area contributed by atoms with Gasteiger partial charge in [0.2, 0.25) is 5.56 Å². The minimum absolute atomic E-state index is 0.169. The molecule has 3 rings (SSSR count). The Morgan fingerprint density at radius 2 is 2.00 bits per heavy atom. The molecule has 1 aromatic carbocycles. The van der Waals surface area contributed by atoms with E-state index in [-0.39, 0.29) is 11.9 Å². The molecule has 6 heteroatoms. The standard InChI is InChI=1S/C19H24FN3O2/c1-11(2)15-9-23(10-17(15)22(3)4)19(25)14-8-18(24)21-16-7-12(20)5-6-13(14)16/h5-8,11,15,17H,9-10H2,1-4H3,(H,21,24)/t15-,17+/m0/s1. The number of pyridine rings is 1. The van der Waals surface area contributed by atoms with Crippen LogP contribution >= 0.6 is 0 Å². The second-order valence-electron chi connectivity index (χ2n) is 7.39. The van der Waals surface area contributed by atoms with Crippen LogP contribution in [0.15, 0.2) is 29.1 Å². The number of likely N-dealkylation sites (N-methyl/N-ethyl adjacent to an activating group) is 1. The van der Waals surface area contributed by atoms with E-state index < -0.39 is 11.4 Å². The molecule has 2 aromatic rings. The number of aromatic nitrogens is 1. The minimum atomic E-state index is -0.443. The second kappa shape index (κ2) is 6.59. The Kier molecular flexibility index (Phi) is 4.64. The van der Waals surface area contributed by atoms with Crippen LogP contribution in [0.1, 0.15) is 24.2 Å². The van der Waals surface area contributed by atoms with Crippen molar-refractivity contribution in [3.8, 4) is 0 Å². The number of likely N-dealkylation sites (tertiary alicyclic amines) is 1. The lowest BCUT2D eigenvalue weighted by molar-refractivity contribution is 0.0781. The van der Waals surface area contributed by atoms with Gasteiger partial charge in [-0.3, -0.25) is 9.59 Å². The van der Waals surface area contributed by atoms with Gasteiger partial charge in [-0.25, -0.2) is 4.39 Å². The zero-order valence-electron chi connectivity index (χ0n) is 15.0. The van der Waals surface area contributed by atoms with E-state index in [0.29, 0.717) is 41.4 Å². The maximum atomic E-state index is 13.5. The number of benzene rings is 1. The number of H-pyrrole nitrogens is 1. The molecule has 0 unspecified atom stereocenters. The first-order valence-electron chi connectivity index (χ1n) is 8.56. The van der Waals surface area contributed by atoms with Crippen molar-refractivity contribution >= 4 is 16.8 Å². The summed E-state index contributed by atoms with van der Waals surface area (Å²) in [6.07, 6.45) is 0. The van der Waals surface area contributed by atoms with Crippen LogP contribution in [0, 0.1) is 17.7 Å². The molecule has 1 aliphatic rings. The van der Waals surface area contributed by atoms with E-state index in [9.17, 15) is 14.0 Å². The highest BCUT2D eigenvalue weighted by atomic mass is 19.1. The van der Waals surface area contributed by atoms with E-state index in [2.05, 4.69) is 23.7 Å². The smallest absolute Gasteiger partial charge is 0.254 e. The first kappa shape index (κ1) is 17.6. The molecule has 0 bridgehead atoms. The fourth-order valence-electron chi connectivity index (χ4n) is 3.76. The molecule has 1 aliphatic heterocycles. The fourth-order valence-corrected chi connectivity index (χ4v) is 3.76. The van der Waals surface area contributed by atoms with Gasteiger partial charge in [0, 0.05) is 30.6 Å². The topological polar surface area (TPSA) is 56.4 Å². The Hall–Kier alpha value is -2.21. The van der Waals surface area contributed by atoms with Crippen LogP contribution in [0.3, 0.4) is 0 Å². The third-order valence-electron chi connectivity index (χ3n) is 5.18.